The monoisotopic (exact) mass is 501 g/mol. The Labute approximate surface area is 210 Å². The summed E-state index contributed by atoms with van der Waals surface area (Å²) in [6.45, 7) is 1.30. The van der Waals surface area contributed by atoms with Gasteiger partial charge in [0, 0.05) is 31.6 Å². The molecule has 0 saturated carbocycles. The van der Waals surface area contributed by atoms with Gasteiger partial charge in [0.25, 0.3) is 5.56 Å². The summed E-state index contributed by atoms with van der Waals surface area (Å²) >= 11 is 0. The van der Waals surface area contributed by atoms with Gasteiger partial charge in [0.1, 0.15) is 5.75 Å². The minimum Gasteiger partial charge on any atom is -0.496 e. The Morgan fingerprint density at radius 1 is 1.03 bits per heavy atom. The highest BCUT2D eigenvalue weighted by molar-refractivity contribution is 5.85. The molecule has 0 spiro atoms. The quantitative estimate of drug-likeness (QED) is 0.559. The number of hydrogen-bond acceptors (Lipinski definition) is 6. The van der Waals surface area contributed by atoms with Gasteiger partial charge in [-0.2, -0.15) is 0 Å². The highest BCUT2D eigenvalue weighted by Gasteiger charge is 2.40. The Hall–Kier alpha value is -2.97. The van der Waals surface area contributed by atoms with E-state index in [0.29, 0.717) is 47.2 Å². The van der Waals surface area contributed by atoms with Crippen LogP contribution in [0.3, 0.4) is 0 Å². The number of nitrogens with one attached hydrogen (secondary N) is 1. The van der Waals surface area contributed by atoms with E-state index in [0.717, 1.165) is 25.1 Å². The van der Waals surface area contributed by atoms with E-state index in [-0.39, 0.29) is 29.7 Å². The molecular formula is C26H32ClN3O5. The number of ether oxygens (including phenoxy) is 3. The summed E-state index contributed by atoms with van der Waals surface area (Å²) in [4.78, 5) is 26.5. The van der Waals surface area contributed by atoms with Gasteiger partial charge >= 0.3 is 5.69 Å². The lowest BCUT2D eigenvalue weighted by Crippen LogP contribution is -2.41. The maximum atomic E-state index is 13.4. The predicted octanol–water partition coefficient (Wildman–Crippen LogP) is 2.86. The van der Waals surface area contributed by atoms with Gasteiger partial charge in [-0.1, -0.05) is 12.1 Å². The van der Waals surface area contributed by atoms with Crippen molar-refractivity contribution < 1.29 is 14.2 Å². The first-order valence-electron chi connectivity index (χ1n) is 11.7. The van der Waals surface area contributed by atoms with Gasteiger partial charge in [0.05, 0.1) is 32.2 Å². The Balaban J connectivity index is 0.00000289. The van der Waals surface area contributed by atoms with Crippen LogP contribution in [0.5, 0.6) is 17.2 Å². The van der Waals surface area contributed by atoms with E-state index >= 15 is 0 Å². The van der Waals surface area contributed by atoms with Crippen LogP contribution in [0.4, 0.5) is 0 Å². The third-order valence-corrected chi connectivity index (χ3v) is 7.62. The molecule has 2 aromatic carbocycles. The molecule has 2 aliphatic rings. The van der Waals surface area contributed by atoms with Crippen molar-refractivity contribution in [2.24, 2.45) is 13.0 Å². The molecule has 8 nitrogen and oxygen atoms in total. The first-order chi connectivity index (χ1) is 16.5. The third-order valence-electron chi connectivity index (χ3n) is 7.62. The molecule has 2 heterocycles. The molecule has 35 heavy (non-hydrogen) atoms. The van der Waals surface area contributed by atoms with Crippen LogP contribution in [0.2, 0.25) is 0 Å². The first-order valence-corrected chi connectivity index (χ1v) is 11.7. The molecule has 0 amide bonds. The minimum absolute atomic E-state index is 0. The molecule has 1 saturated heterocycles. The zero-order valence-electron chi connectivity index (χ0n) is 20.5. The molecule has 0 radical (unpaired) electrons. The van der Waals surface area contributed by atoms with Crippen molar-refractivity contribution in [3.8, 4) is 17.2 Å². The van der Waals surface area contributed by atoms with Crippen LogP contribution in [0.1, 0.15) is 29.9 Å². The molecule has 1 aliphatic carbocycles. The van der Waals surface area contributed by atoms with E-state index in [1.165, 1.54) is 34.5 Å². The molecule has 5 rings (SSSR count). The average Bonchev–Trinajstić information content (AvgIpc) is 3.29. The van der Waals surface area contributed by atoms with Crippen molar-refractivity contribution in [1.29, 1.82) is 0 Å². The molecule has 3 atom stereocenters. The standard InChI is InChI=1S/C26H31N3O5.ClH/c1-28-20-13-23(34-4)22(33-3)12-18(20)25(30)29(26(28)31)11-10-19-24-15(14-27-19)8-9-16-17(24)6-5-7-21(16)32-2;/h5-7,12-13,15,19,24,27H,8-11,14H2,1-4H3;1H/t15-,19?,24+;/m0./s1. The number of nitrogens with zero attached hydrogens (tertiary/aromatic N) is 2. The van der Waals surface area contributed by atoms with Crippen LogP contribution in [0.15, 0.2) is 39.9 Å². The first kappa shape index (κ1) is 25.1. The number of halogens is 1. The van der Waals surface area contributed by atoms with Gasteiger partial charge in [0.2, 0.25) is 0 Å². The van der Waals surface area contributed by atoms with Gasteiger partial charge in [-0.15, -0.1) is 12.4 Å². The van der Waals surface area contributed by atoms with Crippen LogP contribution in [-0.2, 0) is 20.0 Å². The third kappa shape index (κ3) is 4.08. The second-order valence-electron chi connectivity index (χ2n) is 9.18. The van der Waals surface area contributed by atoms with E-state index in [9.17, 15) is 9.59 Å². The molecule has 3 aromatic rings. The fourth-order valence-electron chi connectivity index (χ4n) is 5.90. The van der Waals surface area contributed by atoms with Crippen molar-refractivity contribution in [1.82, 2.24) is 14.5 Å². The number of hydrogen-bond donors (Lipinski definition) is 1. The lowest BCUT2D eigenvalue weighted by molar-refractivity contribution is 0.355. The predicted molar refractivity (Wildman–Crippen MR) is 138 cm³/mol. The molecule has 1 unspecified atom stereocenters. The van der Waals surface area contributed by atoms with E-state index < -0.39 is 0 Å². The van der Waals surface area contributed by atoms with Crippen molar-refractivity contribution in [3.63, 3.8) is 0 Å². The van der Waals surface area contributed by atoms with Crippen molar-refractivity contribution in [2.45, 2.75) is 37.8 Å². The molecule has 1 N–H and O–H groups in total. The summed E-state index contributed by atoms with van der Waals surface area (Å²) in [5, 5.41) is 4.10. The number of benzene rings is 2. The SMILES string of the molecule is COc1cc2c(=O)n(CCC3NC[C@@H]4CCc5c(OC)cccc5[C@H]34)c(=O)n(C)c2cc1OC.Cl. The summed E-state index contributed by atoms with van der Waals surface area (Å²) < 4.78 is 19.2. The smallest absolute Gasteiger partial charge is 0.331 e. The lowest BCUT2D eigenvalue weighted by atomic mass is 9.73. The number of rotatable bonds is 6. The van der Waals surface area contributed by atoms with E-state index in [2.05, 4.69) is 17.4 Å². The topological polar surface area (TPSA) is 83.7 Å². The molecule has 1 aromatic heterocycles. The van der Waals surface area contributed by atoms with E-state index in [1.54, 1.807) is 26.3 Å². The van der Waals surface area contributed by atoms with Crippen molar-refractivity contribution in [2.75, 3.05) is 27.9 Å². The number of aromatic nitrogens is 2. The second-order valence-corrected chi connectivity index (χ2v) is 9.18. The highest BCUT2D eigenvalue weighted by atomic mass is 35.5. The molecule has 0 bridgehead atoms. The summed E-state index contributed by atoms with van der Waals surface area (Å²) in [6.07, 6.45) is 2.82. The number of methoxy groups -OCH3 is 3. The normalized spacial score (nSPS) is 20.6. The number of fused-ring (bicyclic) bond motifs is 4. The van der Waals surface area contributed by atoms with Crippen LogP contribution >= 0.6 is 12.4 Å². The molecular weight excluding hydrogens is 470 g/mol. The highest BCUT2D eigenvalue weighted by Crippen LogP contribution is 2.45. The molecule has 188 valence electrons. The van der Waals surface area contributed by atoms with Crippen LogP contribution < -0.4 is 30.8 Å². The van der Waals surface area contributed by atoms with Crippen LogP contribution in [0.25, 0.3) is 10.9 Å². The Bertz CT molecular complexity index is 1370. The molecule has 1 aliphatic heterocycles. The van der Waals surface area contributed by atoms with Gasteiger partial charge in [0.15, 0.2) is 11.5 Å². The maximum Gasteiger partial charge on any atom is 0.331 e. The summed E-state index contributed by atoms with van der Waals surface area (Å²) in [7, 11) is 6.46. The summed E-state index contributed by atoms with van der Waals surface area (Å²) in [5.41, 5.74) is 2.52. The van der Waals surface area contributed by atoms with E-state index in [4.69, 9.17) is 14.2 Å². The largest absolute Gasteiger partial charge is 0.496 e. The second kappa shape index (κ2) is 9.95. The summed E-state index contributed by atoms with van der Waals surface area (Å²) in [5.74, 6) is 2.80. The van der Waals surface area contributed by atoms with Crippen LogP contribution in [-0.4, -0.2) is 43.1 Å². The summed E-state index contributed by atoms with van der Waals surface area (Å²) in [6, 6.07) is 9.80. The minimum atomic E-state index is -0.329. The fraction of sp³-hybridized carbons (Fsp3) is 0.462. The maximum absolute atomic E-state index is 13.4. The van der Waals surface area contributed by atoms with E-state index in [1.807, 2.05) is 6.07 Å². The zero-order chi connectivity index (χ0) is 24.0. The van der Waals surface area contributed by atoms with Gasteiger partial charge < -0.3 is 19.5 Å². The van der Waals surface area contributed by atoms with Crippen molar-refractivity contribution in [3.05, 3.63) is 62.3 Å². The van der Waals surface area contributed by atoms with Gasteiger partial charge in [-0.3, -0.25) is 13.9 Å². The van der Waals surface area contributed by atoms with Crippen molar-refractivity contribution >= 4 is 23.3 Å². The number of aryl methyl sites for hydroxylation is 1. The Morgan fingerprint density at radius 3 is 2.46 bits per heavy atom. The molecule has 1 fully saturated rings. The van der Waals surface area contributed by atoms with Crippen LogP contribution in [0, 0.1) is 5.92 Å². The fourth-order valence-corrected chi connectivity index (χ4v) is 5.90. The lowest BCUT2D eigenvalue weighted by Gasteiger charge is -2.32. The Kier molecular flexibility index (Phi) is 7.15. The van der Waals surface area contributed by atoms with Gasteiger partial charge in [-0.25, -0.2) is 4.79 Å². The molecule has 9 heteroatoms. The average molecular weight is 502 g/mol. The zero-order valence-corrected chi connectivity index (χ0v) is 21.3. The van der Waals surface area contributed by atoms with Gasteiger partial charge in [-0.05, 0) is 55.0 Å². The Morgan fingerprint density at radius 2 is 1.74 bits per heavy atom.